The van der Waals surface area contributed by atoms with Crippen molar-refractivity contribution < 1.29 is 4.39 Å². The second-order valence-electron chi connectivity index (χ2n) is 2.53. The smallest absolute Gasteiger partial charge is 0.138 e. The summed E-state index contributed by atoms with van der Waals surface area (Å²) in [6.07, 6.45) is 0. The molecule has 0 saturated heterocycles. The van der Waals surface area contributed by atoms with Crippen LogP contribution in [0.25, 0.3) is 0 Å². The average Bonchev–Trinajstić information content (AvgIpc) is 2.16. The lowest BCUT2D eigenvalue weighted by Gasteiger charge is -2.02. The fraction of sp³-hybridized carbons (Fsp3) is 0.111. The summed E-state index contributed by atoms with van der Waals surface area (Å²) in [5.74, 6) is 0.111. The molecule has 0 aromatic heterocycles. The summed E-state index contributed by atoms with van der Waals surface area (Å²) in [6, 6.07) is 4.54. The van der Waals surface area contributed by atoms with Gasteiger partial charge in [-0.1, -0.05) is 23.2 Å². The zero-order valence-corrected chi connectivity index (χ0v) is 9.46. The van der Waals surface area contributed by atoms with E-state index in [-0.39, 0.29) is 5.82 Å². The van der Waals surface area contributed by atoms with Crippen LogP contribution in [0, 0.1) is 5.82 Å². The highest BCUT2D eigenvalue weighted by Gasteiger charge is 2.03. The zero-order chi connectivity index (χ0) is 10.6. The van der Waals surface area contributed by atoms with E-state index in [1.165, 1.54) is 23.4 Å². The van der Waals surface area contributed by atoms with E-state index >= 15 is 0 Å². The Balaban J connectivity index is 2.68. The summed E-state index contributed by atoms with van der Waals surface area (Å²) >= 11 is 12.3. The molecule has 0 aliphatic heterocycles. The molecule has 0 aliphatic rings. The number of hydrogen-bond acceptors (Lipinski definition) is 2. The van der Waals surface area contributed by atoms with E-state index in [1.807, 2.05) is 0 Å². The lowest BCUT2D eigenvalue weighted by Crippen LogP contribution is -1.88. The number of benzene rings is 1. The largest absolute Gasteiger partial charge is 0.399 e. The van der Waals surface area contributed by atoms with Crippen molar-refractivity contribution >= 4 is 40.7 Å². The number of rotatable bonds is 3. The van der Waals surface area contributed by atoms with Gasteiger partial charge in [0.05, 0.1) is 0 Å². The Morgan fingerprint density at radius 2 is 2.29 bits per heavy atom. The van der Waals surface area contributed by atoms with Crippen molar-refractivity contribution in [2.24, 2.45) is 0 Å². The van der Waals surface area contributed by atoms with Gasteiger partial charge < -0.3 is 5.73 Å². The number of nitrogens with two attached hydrogens (primary N) is 1. The molecule has 5 heteroatoms. The molecule has 0 spiro atoms. The predicted molar refractivity (Wildman–Crippen MR) is 61.3 cm³/mol. The van der Waals surface area contributed by atoms with Crippen LogP contribution < -0.4 is 5.73 Å². The molecule has 14 heavy (non-hydrogen) atoms. The minimum atomic E-state index is -0.339. The summed E-state index contributed by atoms with van der Waals surface area (Å²) in [7, 11) is 0. The van der Waals surface area contributed by atoms with Crippen molar-refractivity contribution in [3.05, 3.63) is 34.6 Å². The fourth-order valence-corrected chi connectivity index (χ4v) is 1.88. The molecule has 1 rings (SSSR count). The van der Waals surface area contributed by atoms with Crippen LogP contribution in [0.2, 0.25) is 0 Å². The maximum Gasteiger partial charge on any atom is 0.138 e. The molecule has 0 saturated carbocycles. The van der Waals surface area contributed by atoms with Gasteiger partial charge in [-0.15, -0.1) is 11.8 Å². The first kappa shape index (κ1) is 11.7. The lowest BCUT2D eigenvalue weighted by atomic mass is 10.3. The number of halogens is 3. The molecule has 0 bridgehead atoms. The molecule has 0 radical (unpaired) electrons. The van der Waals surface area contributed by atoms with Gasteiger partial charge in [-0.3, -0.25) is 0 Å². The summed E-state index contributed by atoms with van der Waals surface area (Å²) in [4.78, 5) is 0.510. The quantitative estimate of drug-likeness (QED) is 0.653. The Morgan fingerprint density at radius 3 is 2.86 bits per heavy atom. The number of nitrogen functional groups attached to an aromatic ring is 1. The molecule has 0 heterocycles. The maximum absolute atomic E-state index is 13.2. The highest BCUT2D eigenvalue weighted by molar-refractivity contribution is 7.99. The second-order valence-corrected chi connectivity index (χ2v) is 4.26. The van der Waals surface area contributed by atoms with Crippen LogP contribution in [-0.4, -0.2) is 5.75 Å². The summed E-state index contributed by atoms with van der Waals surface area (Å²) < 4.78 is 13.2. The fourth-order valence-electron chi connectivity index (χ4n) is 0.812. The third-order valence-electron chi connectivity index (χ3n) is 1.44. The Kier molecular flexibility index (Phi) is 4.58. The first-order valence-corrected chi connectivity index (χ1v) is 5.56. The highest BCUT2D eigenvalue weighted by Crippen LogP contribution is 2.26. The van der Waals surface area contributed by atoms with E-state index in [9.17, 15) is 4.39 Å². The summed E-state index contributed by atoms with van der Waals surface area (Å²) in [6.45, 7) is 0. The molecule has 0 atom stereocenters. The minimum Gasteiger partial charge on any atom is -0.399 e. The van der Waals surface area contributed by atoms with Gasteiger partial charge in [0.2, 0.25) is 0 Å². The van der Waals surface area contributed by atoms with Crippen molar-refractivity contribution in [1.82, 2.24) is 0 Å². The molecule has 0 amide bonds. The molecule has 0 unspecified atom stereocenters. The lowest BCUT2D eigenvalue weighted by molar-refractivity contribution is 0.603. The van der Waals surface area contributed by atoms with Crippen LogP contribution in [0.4, 0.5) is 10.1 Å². The van der Waals surface area contributed by atoms with Crippen molar-refractivity contribution in [2.75, 3.05) is 11.5 Å². The zero-order valence-electron chi connectivity index (χ0n) is 7.14. The van der Waals surface area contributed by atoms with Crippen LogP contribution in [0.15, 0.2) is 33.7 Å². The van der Waals surface area contributed by atoms with Crippen molar-refractivity contribution in [1.29, 1.82) is 0 Å². The van der Waals surface area contributed by atoms with Crippen LogP contribution in [0.5, 0.6) is 0 Å². The topological polar surface area (TPSA) is 26.0 Å². The SMILES string of the molecule is Nc1ccc(SCC(Cl)=CCl)c(F)c1. The Labute approximate surface area is 96.1 Å². The van der Waals surface area contributed by atoms with Crippen LogP contribution in [0.3, 0.4) is 0 Å². The summed E-state index contributed by atoms with van der Waals surface area (Å²) in [5, 5.41) is 0.480. The number of thioether (sulfide) groups is 1. The monoisotopic (exact) mass is 251 g/mol. The van der Waals surface area contributed by atoms with Crippen LogP contribution >= 0.6 is 35.0 Å². The van der Waals surface area contributed by atoms with Crippen molar-refractivity contribution in [2.45, 2.75) is 4.90 Å². The molecule has 76 valence electrons. The van der Waals surface area contributed by atoms with Gasteiger partial charge in [0.15, 0.2) is 0 Å². The molecule has 0 aliphatic carbocycles. The standard InChI is InChI=1S/C9H8Cl2FNS/c10-4-6(11)5-14-9-2-1-7(13)3-8(9)12/h1-4H,5,13H2. The molecule has 0 fully saturated rings. The maximum atomic E-state index is 13.2. The van der Waals surface area contributed by atoms with Gasteiger partial charge in [0.1, 0.15) is 5.82 Å². The van der Waals surface area contributed by atoms with Gasteiger partial charge in [0, 0.05) is 26.9 Å². The van der Waals surface area contributed by atoms with Gasteiger partial charge in [-0.25, -0.2) is 4.39 Å². The predicted octanol–water partition coefficient (Wildman–Crippen LogP) is 3.82. The highest BCUT2D eigenvalue weighted by atomic mass is 35.5. The van der Waals surface area contributed by atoms with E-state index in [0.29, 0.717) is 21.4 Å². The van der Waals surface area contributed by atoms with Crippen molar-refractivity contribution in [3.8, 4) is 0 Å². The van der Waals surface area contributed by atoms with Gasteiger partial charge in [-0.05, 0) is 18.2 Å². The van der Waals surface area contributed by atoms with Crippen LogP contribution in [0.1, 0.15) is 0 Å². The van der Waals surface area contributed by atoms with E-state index < -0.39 is 0 Å². The first-order valence-electron chi connectivity index (χ1n) is 3.76. The van der Waals surface area contributed by atoms with E-state index in [4.69, 9.17) is 28.9 Å². The number of anilines is 1. The molecule has 1 aromatic carbocycles. The molecule has 1 nitrogen and oxygen atoms in total. The first-order chi connectivity index (χ1) is 6.63. The Hall–Kier alpha value is -0.380. The normalized spacial score (nSPS) is 11.8. The molecule has 1 aromatic rings. The van der Waals surface area contributed by atoms with E-state index in [2.05, 4.69) is 0 Å². The van der Waals surface area contributed by atoms with E-state index in [0.717, 1.165) is 0 Å². The third kappa shape index (κ3) is 3.40. The molecular formula is C9H8Cl2FNS. The van der Waals surface area contributed by atoms with Gasteiger partial charge in [0.25, 0.3) is 0 Å². The Bertz CT molecular complexity index is 355. The summed E-state index contributed by atoms with van der Waals surface area (Å²) in [5.41, 5.74) is 7.08. The Morgan fingerprint density at radius 1 is 1.57 bits per heavy atom. The molecule has 2 N–H and O–H groups in total. The van der Waals surface area contributed by atoms with Gasteiger partial charge in [-0.2, -0.15) is 0 Å². The van der Waals surface area contributed by atoms with Crippen molar-refractivity contribution in [3.63, 3.8) is 0 Å². The number of hydrogen-bond donors (Lipinski definition) is 1. The average molecular weight is 252 g/mol. The second kappa shape index (κ2) is 5.49. The van der Waals surface area contributed by atoms with Gasteiger partial charge >= 0.3 is 0 Å². The third-order valence-corrected chi connectivity index (χ3v) is 3.31. The van der Waals surface area contributed by atoms with Crippen LogP contribution in [-0.2, 0) is 0 Å². The minimum absolute atomic E-state index is 0.339. The molecular weight excluding hydrogens is 244 g/mol. The van der Waals surface area contributed by atoms with E-state index in [1.54, 1.807) is 12.1 Å².